The molecule has 76 valence electrons. The molecule has 4 nitrogen and oxygen atoms in total. The second-order valence-electron chi connectivity index (χ2n) is 2.71. The summed E-state index contributed by atoms with van der Waals surface area (Å²) < 4.78 is 0. The van der Waals surface area contributed by atoms with Crippen LogP contribution in [0.4, 0.5) is 11.5 Å². The number of para-hydroxylation sites is 1. The molecule has 15 heavy (non-hydrogen) atoms. The van der Waals surface area contributed by atoms with Gasteiger partial charge in [0.05, 0.1) is 0 Å². The number of hydrogen-bond donors (Lipinski definition) is 1. The van der Waals surface area contributed by atoms with Gasteiger partial charge in [-0.15, -0.1) is 10.2 Å². The maximum Gasteiger partial charge on any atom is 0.245 e. The molecule has 1 N–H and O–H groups in total. The van der Waals surface area contributed by atoms with Gasteiger partial charge in [-0.1, -0.05) is 29.8 Å². The van der Waals surface area contributed by atoms with Gasteiger partial charge in [0.1, 0.15) is 0 Å². The highest BCUT2D eigenvalue weighted by Crippen LogP contribution is 2.21. The van der Waals surface area contributed by atoms with E-state index in [1.807, 2.05) is 30.3 Å². The van der Waals surface area contributed by atoms with Gasteiger partial charge < -0.3 is 5.32 Å². The van der Waals surface area contributed by atoms with E-state index in [1.165, 1.54) is 0 Å². The molecule has 1 aromatic heterocycles. The first-order valence-electron chi connectivity index (χ1n) is 4.13. The van der Waals surface area contributed by atoms with E-state index in [1.54, 1.807) is 0 Å². The van der Waals surface area contributed by atoms with Gasteiger partial charge in [-0.3, -0.25) is 0 Å². The summed E-state index contributed by atoms with van der Waals surface area (Å²) in [6.45, 7) is 0. The van der Waals surface area contributed by atoms with Gasteiger partial charge in [-0.2, -0.15) is 4.98 Å². The van der Waals surface area contributed by atoms with Crippen molar-refractivity contribution >= 4 is 34.7 Å². The van der Waals surface area contributed by atoms with E-state index < -0.39 is 0 Å². The monoisotopic (exact) mass is 240 g/mol. The standard InChI is InChI=1S/C9H6Cl2N4/c10-7-8(13-9(11)15-14-7)12-6-4-2-1-3-5-6/h1-5H,(H,12,13,15). The Bertz CT molecular complexity index is 461. The topological polar surface area (TPSA) is 50.7 Å². The minimum Gasteiger partial charge on any atom is -0.338 e. The second kappa shape index (κ2) is 4.42. The third-order valence-corrected chi connectivity index (χ3v) is 2.07. The Morgan fingerprint density at radius 2 is 1.73 bits per heavy atom. The van der Waals surface area contributed by atoms with Crippen LogP contribution in [0, 0.1) is 0 Å². The van der Waals surface area contributed by atoms with E-state index >= 15 is 0 Å². The van der Waals surface area contributed by atoms with E-state index in [4.69, 9.17) is 23.2 Å². The highest BCUT2D eigenvalue weighted by Gasteiger charge is 2.05. The van der Waals surface area contributed by atoms with Crippen LogP contribution in [0.1, 0.15) is 0 Å². The van der Waals surface area contributed by atoms with Crippen LogP contribution in [0.2, 0.25) is 10.4 Å². The molecule has 2 rings (SSSR count). The summed E-state index contributed by atoms with van der Waals surface area (Å²) >= 11 is 11.4. The maximum atomic E-state index is 5.79. The molecule has 0 unspecified atom stereocenters. The summed E-state index contributed by atoms with van der Waals surface area (Å²) in [7, 11) is 0. The van der Waals surface area contributed by atoms with Crippen LogP contribution in [-0.4, -0.2) is 15.2 Å². The molecule has 1 heterocycles. The number of rotatable bonds is 2. The van der Waals surface area contributed by atoms with Crippen LogP contribution in [0.5, 0.6) is 0 Å². The molecule has 2 aromatic rings. The number of aromatic nitrogens is 3. The lowest BCUT2D eigenvalue weighted by molar-refractivity contribution is 0.975. The van der Waals surface area contributed by atoms with E-state index in [0.29, 0.717) is 5.82 Å². The summed E-state index contributed by atoms with van der Waals surface area (Å²) in [5.41, 5.74) is 0.857. The summed E-state index contributed by atoms with van der Waals surface area (Å²) in [6, 6.07) is 9.47. The molecule has 0 fully saturated rings. The lowest BCUT2D eigenvalue weighted by Crippen LogP contribution is -1.98. The van der Waals surface area contributed by atoms with Crippen molar-refractivity contribution in [3.63, 3.8) is 0 Å². The summed E-state index contributed by atoms with van der Waals surface area (Å²) in [5, 5.41) is 10.4. The van der Waals surface area contributed by atoms with Gasteiger partial charge in [0.2, 0.25) is 5.28 Å². The highest BCUT2D eigenvalue weighted by atomic mass is 35.5. The van der Waals surface area contributed by atoms with E-state index in [2.05, 4.69) is 20.5 Å². The predicted molar refractivity (Wildman–Crippen MR) is 59.6 cm³/mol. The second-order valence-corrected chi connectivity index (χ2v) is 3.41. The molecule has 0 radical (unpaired) electrons. The molecule has 0 aliphatic rings. The average molecular weight is 241 g/mol. The summed E-state index contributed by atoms with van der Waals surface area (Å²) in [4.78, 5) is 3.92. The predicted octanol–water partition coefficient (Wildman–Crippen LogP) is 2.92. The molecule has 0 saturated carbocycles. The Kier molecular flexibility index (Phi) is 2.99. The maximum absolute atomic E-state index is 5.79. The molecule has 0 atom stereocenters. The van der Waals surface area contributed by atoms with Crippen molar-refractivity contribution in [1.29, 1.82) is 0 Å². The zero-order chi connectivity index (χ0) is 10.7. The van der Waals surface area contributed by atoms with Gasteiger partial charge in [-0.05, 0) is 23.7 Å². The van der Waals surface area contributed by atoms with Crippen molar-refractivity contribution in [1.82, 2.24) is 15.2 Å². The summed E-state index contributed by atoms with van der Waals surface area (Å²) in [5.74, 6) is 0.392. The Morgan fingerprint density at radius 3 is 2.47 bits per heavy atom. The van der Waals surface area contributed by atoms with Crippen LogP contribution in [0.25, 0.3) is 0 Å². The third-order valence-electron chi connectivity index (χ3n) is 1.66. The van der Waals surface area contributed by atoms with Gasteiger partial charge in [0.25, 0.3) is 0 Å². The van der Waals surface area contributed by atoms with Crippen LogP contribution in [0.15, 0.2) is 30.3 Å². The van der Waals surface area contributed by atoms with Crippen LogP contribution < -0.4 is 5.32 Å². The fourth-order valence-corrected chi connectivity index (χ4v) is 1.28. The minimum atomic E-state index is 0.0535. The van der Waals surface area contributed by atoms with Gasteiger partial charge in [0.15, 0.2) is 11.0 Å². The van der Waals surface area contributed by atoms with Crippen LogP contribution in [0.3, 0.4) is 0 Å². The molecule has 1 aromatic carbocycles. The van der Waals surface area contributed by atoms with E-state index in [0.717, 1.165) is 5.69 Å². The largest absolute Gasteiger partial charge is 0.338 e. The summed E-state index contributed by atoms with van der Waals surface area (Å²) in [6.07, 6.45) is 0. The molecular weight excluding hydrogens is 235 g/mol. The van der Waals surface area contributed by atoms with Crippen LogP contribution >= 0.6 is 23.2 Å². The first-order valence-corrected chi connectivity index (χ1v) is 4.89. The number of halogens is 2. The molecule has 0 aliphatic carbocycles. The van der Waals surface area contributed by atoms with Gasteiger partial charge in [-0.25, -0.2) is 0 Å². The Labute approximate surface area is 96.3 Å². The van der Waals surface area contributed by atoms with Gasteiger partial charge >= 0.3 is 0 Å². The lowest BCUT2D eigenvalue weighted by atomic mass is 10.3. The zero-order valence-electron chi connectivity index (χ0n) is 7.48. The van der Waals surface area contributed by atoms with E-state index in [-0.39, 0.29) is 10.4 Å². The van der Waals surface area contributed by atoms with Crippen molar-refractivity contribution < 1.29 is 0 Å². The van der Waals surface area contributed by atoms with Crippen molar-refractivity contribution in [2.24, 2.45) is 0 Å². The molecule has 6 heteroatoms. The third kappa shape index (κ3) is 2.55. The number of hydrogen-bond acceptors (Lipinski definition) is 4. The van der Waals surface area contributed by atoms with Crippen molar-refractivity contribution in [2.45, 2.75) is 0 Å². The molecule has 0 bridgehead atoms. The molecule has 0 saturated heterocycles. The first kappa shape index (κ1) is 10.1. The normalized spacial score (nSPS) is 10.0. The lowest BCUT2D eigenvalue weighted by Gasteiger charge is -2.05. The van der Waals surface area contributed by atoms with Crippen molar-refractivity contribution in [3.05, 3.63) is 40.8 Å². The average Bonchev–Trinajstić information content (AvgIpc) is 2.25. The molecular formula is C9H6Cl2N4. The van der Waals surface area contributed by atoms with Crippen molar-refractivity contribution in [3.8, 4) is 0 Å². The first-order chi connectivity index (χ1) is 7.25. The SMILES string of the molecule is Clc1nnc(Cl)c(Nc2ccccc2)n1. The molecule has 0 aliphatic heterocycles. The van der Waals surface area contributed by atoms with E-state index in [9.17, 15) is 0 Å². The minimum absolute atomic E-state index is 0.0535. The van der Waals surface area contributed by atoms with Gasteiger partial charge in [0, 0.05) is 5.69 Å². The zero-order valence-corrected chi connectivity index (χ0v) is 9.00. The number of nitrogens with one attached hydrogen (secondary N) is 1. The number of benzene rings is 1. The Hall–Kier alpha value is -1.39. The fourth-order valence-electron chi connectivity index (χ4n) is 1.03. The Morgan fingerprint density at radius 1 is 1.00 bits per heavy atom. The molecule has 0 spiro atoms. The van der Waals surface area contributed by atoms with Crippen LogP contribution in [-0.2, 0) is 0 Å². The number of nitrogens with zero attached hydrogens (tertiary/aromatic N) is 3. The highest BCUT2D eigenvalue weighted by molar-refractivity contribution is 6.32. The Balaban J connectivity index is 2.28. The quantitative estimate of drug-likeness (QED) is 0.878. The number of anilines is 2. The van der Waals surface area contributed by atoms with Crippen molar-refractivity contribution in [2.75, 3.05) is 5.32 Å². The smallest absolute Gasteiger partial charge is 0.245 e. The molecule has 0 amide bonds. The fraction of sp³-hybridized carbons (Fsp3) is 0.